The molecule has 37 heavy (non-hydrogen) atoms. The van der Waals surface area contributed by atoms with Gasteiger partial charge in [-0.2, -0.15) is 5.10 Å². The maximum absolute atomic E-state index is 13.0. The second kappa shape index (κ2) is 12.8. The highest BCUT2D eigenvalue weighted by atomic mass is 16.5. The molecule has 192 valence electrons. The van der Waals surface area contributed by atoms with E-state index in [0.29, 0.717) is 28.4 Å². The molecule has 0 atom stereocenters. The number of hydrogen-bond acceptors (Lipinski definition) is 7. The van der Waals surface area contributed by atoms with Gasteiger partial charge in [0.25, 0.3) is 11.8 Å². The number of benzene rings is 3. The monoisotopic (exact) mass is 502 g/mol. The SMILES string of the molecule is COc1cc(/C=N/NC(=O)/C(=C\c2ccc(N(C)C)cc2)NC(=O)c2ccccc2)cc(OC)c1OC. The Labute approximate surface area is 216 Å². The number of carbonyl (C=O) groups excluding carboxylic acids is 2. The Balaban J connectivity index is 1.85. The Kier molecular flexibility index (Phi) is 9.26. The van der Waals surface area contributed by atoms with Crippen molar-refractivity contribution in [2.75, 3.05) is 40.3 Å². The summed E-state index contributed by atoms with van der Waals surface area (Å²) in [6, 6.07) is 19.6. The zero-order valence-electron chi connectivity index (χ0n) is 21.4. The molecule has 3 rings (SSSR count). The molecule has 0 aliphatic heterocycles. The average molecular weight is 503 g/mol. The molecule has 0 saturated carbocycles. The predicted molar refractivity (Wildman–Crippen MR) is 144 cm³/mol. The van der Waals surface area contributed by atoms with E-state index in [1.54, 1.807) is 42.5 Å². The third-order valence-corrected chi connectivity index (χ3v) is 5.32. The second-order valence-electron chi connectivity index (χ2n) is 8.02. The van der Waals surface area contributed by atoms with Gasteiger partial charge in [0.2, 0.25) is 5.75 Å². The molecule has 0 radical (unpaired) electrons. The number of methoxy groups -OCH3 is 3. The first kappa shape index (κ1) is 26.8. The van der Waals surface area contributed by atoms with Crippen LogP contribution >= 0.6 is 0 Å². The van der Waals surface area contributed by atoms with Gasteiger partial charge in [0.15, 0.2) is 11.5 Å². The van der Waals surface area contributed by atoms with Crippen LogP contribution in [0.4, 0.5) is 5.69 Å². The molecule has 0 aliphatic rings. The van der Waals surface area contributed by atoms with Crippen LogP contribution in [0.1, 0.15) is 21.5 Å². The predicted octanol–water partition coefficient (Wildman–Crippen LogP) is 3.70. The second-order valence-corrected chi connectivity index (χ2v) is 8.02. The standard InChI is InChI=1S/C28H30N4O5/c1-32(2)22-13-11-19(12-14-22)15-23(30-27(33)21-9-7-6-8-10-21)28(34)31-29-18-20-16-24(35-3)26(37-5)25(17-20)36-4/h6-18H,1-5H3,(H,30,33)(H,31,34)/b23-15+,29-18+. The van der Waals surface area contributed by atoms with Crippen molar-refractivity contribution in [1.82, 2.24) is 10.7 Å². The zero-order chi connectivity index (χ0) is 26.8. The Bertz CT molecular complexity index is 1260. The van der Waals surface area contributed by atoms with Gasteiger partial charge in [-0.15, -0.1) is 0 Å². The van der Waals surface area contributed by atoms with E-state index < -0.39 is 11.8 Å². The highest BCUT2D eigenvalue weighted by molar-refractivity contribution is 6.05. The van der Waals surface area contributed by atoms with Crippen LogP contribution in [0.3, 0.4) is 0 Å². The minimum atomic E-state index is -0.593. The van der Waals surface area contributed by atoms with E-state index in [0.717, 1.165) is 11.3 Å². The highest BCUT2D eigenvalue weighted by Crippen LogP contribution is 2.37. The van der Waals surface area contributed by atoms with Crippen LogP contribution in [-0.2, 0) is 4.79 Å². The molecule has 0 unspecified atom stereocenters. The van der Waals surface area contributed by atoms with E-state index in [-0.39, 0.29) is 5.70 Å². The highest BCUT2D eigenvalue weighted by Gasteiger charge is 2.15. The lowest BCUT2D eigenvalue weighted by molar-refractivity contribution is -0.117. The lowest BCUT2D eigenvalue weighted by Crippen LogP contribution is -2.32. The van der Waals surface area contributed by atoms with Crippen molar-refractivity contribution in [1.29, 1.82) is 0 Å². The van der Waals surface area contributed by atoms with Crippen LogP contribution in [0.2, 0.25) is 0 Å². The van der Waals surface area contributed by atoms with Crippen LogP contribution in [-0.4, -0.2) is 53.5 Å². The van der Waals surface area contributed by atoms with Crippen molar-refractivity contribution in [3.63, 3.8) is 0 Å². The summed E-state index contributed by atoms with van der Waals surface area (Å²) in [7, 11) is 8.42. The van der Waals surface area contributed by atoms with Gasteiger partial charge in [-0.1, -0.05) is 30.3 Å². The summed E-state index contributed by atoms with van der Waals surface area (Å²) in [6.45, 7) is 0. The number of amides is 2. The van der Waals surface area contributed by atoms with Crippen molar-refractivity contribution in [3.05, 3.63) is 89.1 Å². The molecule has 0 saturated heterocycles. The molecule has 0 fully saturated rings. The summed E-state index contributed by atoms with van der Waals surface area (Å²) in [5.74, 6) is 0.337. The number of nitrogens with one attached hydrogen (secondary N) is 2. The summed E-state index contributed by atoms with van der Waals surface area (Å²) in [4.78, 5) is 27.8. The maximum atomic E-state index is 13.0. The Morgan fingerprint density at radius 3 is 2.00 bits per heavy atom. The fraction of sp³-hybridized carbons (Fsp3) is 0.179. The van der Waals surface area contributed by atoms with Crippen LogP contribution in [0, 0.1) is 0 Å². The molecule has 0 aromatic heterocycles. The number of ether oxygens (including phenoxy) is 3. The first-order valence-corrected chi connectivity index (χ1v) is 11.3. The summed E-state index contributed by atoms with van der Waals surface area (Å²) >= 11 is 0. The van der Waals surface area contributed by atoms with E-state index >= 15 is 0 Å². The third-order valence-electron chi connectivity index (χ3n) is 5.32. The van der Waals surface area contributed by atoms with Gasteiger partial charge in [0.05, 0.1) is 27.5 Å². The molecular weight excluding hydrogens is 472 g/mol. The molecule has 3 aromatic rings. The number of nitrogens with zero attached hydrogens (tertiary/aromatic N) is 2. The number of rotatable bonds is 10. The summed E-state index contributed by atoms with van der Waals surface area (Å²) in [6.07, 6.45) is 3.02. The smallest absolute Gasteiger partial charge is 0.287 e. The lowest BCUT2D eigenvalue weighted by Gasteiger charge is -2.13. The quantitative estimate of drug-likeness (QED) is 0.249. The van der Waals surface area contributed by atoms with Gasteiger partial charge in [-0.25, -0.2) is 5.43 Å². The number of anilines is 1. The van der Waals surface area contributed by atoms with Crippen LogP contribution < -0.4 is 29.9 Å². The van der Waals surface area contributed by atoms with Gasteiger partial charge in [0, 0.05) is 30.9 Å². The Morgan fingerprint density at radius 2 is 1.46 bits per heavy atom. The van der Waals surface area contributed by atoms with Crippen LogP contribution in [0.25, 0.3) is 6.08 Å². The maximum Gasteiger partial charge on any atom is 0.287 e. The zero-order valence-corrected chi connectivity index (χ0v) is 21.4. The van der Waals surface area contributed by atoms with Crippen molar-refractivity contribution < 1.29 is 23.8 Å². The normalized spacial score (nSPS) is 11.1. The van der Waals surface area contributed by atoms with Crippen molar-refractivity contribution >= 4 is 29.8 Å². The lowest BCUT2D eigenvalue weighted by atomic mass is 10.1. The number of hydrazone groups is 1. The van der Waals surface area contributed by atoms with E-state index in [2.05, 4.69) is 15.8 Å². The summed E-state index contributed by atoms with van der Waals surface area (Å²) in [5.41, 5.74) is 5.27. The number of carbonyl (C=O) groups is 2. The molecule has 9 nitrogen and oxygen atoms in total. The van der Waals surface area contributed by atoms with Gasteiger partial charge < -0.3 is 24.4 Å². The topological polar surface area (TPSA) is 101 Å². The molecule has 0 bridgehead atoms. The first-order valence-electron chi connectivity index (χ1n) is 11.3. The number of hydrogen-bond donors (Lipinski definition) is 2. The van der Waals surface area contributed by atoms with Crippen molar-refractivity contribution in [3.8, 4) is 17.2 Å². The van der Waals surface area contributed by atoms with Crippen LogP contribution in [0.5, 0.6) is 17.2 Å². The van der Waals surface area contributed by atoms with E-state index in [9.17, 15) is 9.59 Å². The largest absolute Gasteiger partial charge is 0.493 e. The molecule has 9 heteroatoms. The molecule has 0 aliphatic carbocycles. The molecule has 3 aromatic carbocycles. The first-order chi connectivity index (χ1) is 17.9. The molecule has 2 amide bonds. The average Bonchev–Trinajstić information content (AvgIpc) is 2.92. The minimum absolute atomic E-state index is 0.0356. The Hall–Kier alpha value is -4.79. The van der Waals surface area contributed by atoms with Gasteiger partial charge in [-0.3, -0.25) is 9.59 Å². The van der Waals surface area contributed by atoms with Crippen LogP contribution in [0.15, 0.2) is 77.5 Å². The van der Waals surface area contributed by atoms with Gasteiger partial charge in [0.1, 0.15) is 5.70 Å². The molecule has 2 N–H and O–H groups in total. The minimum Gasteiger partial charge on any atom is -0.493 e. The van der Waals surface area contributed by atoms with Gasteiger partial charge >= 0.3 is 0 Å². The molecular formula is C28H30N4O5. The van der Waals surface area contributed by atoms with E-state index in [1.807, 2.05) is 49.3 Å². The van der Waals surface area contributed by atoms with E-state index in [4.69, 9.17) is 14.2 Å². The Morgan fingerprint density at radius 1 is 0.838 bits per heavy atom. The fourth-order valence-corrected chi connectivity index (χ4v) is 3.38. The van der Waals surface area contributed by atoms with Crippen molar-refractivity contribution in [2.45, 2.75) is 0 Å². The van der Waals surface area contributed by atoms with E-state index in [1.165, 1.54) is 27.5 Å². The fourth-order valence-electron chi connectivity index (χ4n) is 3.38. The third kappa shape index (κ3) is 7.11. The van der Waals surface area contributed by atoms with Crippen molar-refractivity contribution in [2.24, 2.45) is 5.10 Å². The summed E-state index contributed by atoms with van der Waals surface area (Å²) < 4.78 is 16.0. The summed E-state index contributed by atoms with van der Waals surface area (Å²) in [5, 5.41) is 6.74. The molecule has 0 heterocycles. The van der Waals surface area contributed by atoms with Gasteiger partial charge in [-0.05, 0) is 48.0 Å². The molecule has 0 spiro atoms.